The maximum atomic E-state index is 10.0. The van der Waals surface area contributed by atoms with Gasteiger partial charge in [0.25, 0.3) is 0 Å². The summed E-state index contributed by atoms with van der Waals surface area (Å²) in [4.78, 5) is 7.05. The first-order valence-corrected chi connectivity index (χ1v) is 9.76. The highest BCUT2D eigenvalue weighted by Crippen LogP contribution is 2.44. The van der Waals surface area contributed by atoms with Crippen molar-refractivity contribution in [3.8, 4) is 0 Å². The highest BCUT2D eigenvalue weighted by molar-refractivity contribution is 7.13. The number of benzene rings is 1. The molecule has 136 valence electrons. The minimum Gasteiger partial charge on any atom is -0.394 e. The van der Waals surface area contributed by atoms with Crippen molar-refractivity contribution in [3.05, 3.63) is 47.0 Å². The zero-order valence-corrected chi connectivity index (χ0v) is 15.7. The fourth-order valence-corrected chi connectivity index (χ4v) is 4.60. The third kappa shape index (κ3) is 3.87. The Morgan fingerprint density at radius 2 is 2.08 bits per heavy atom. The Labute approximate surface area is 153 Å². The smallest absolute Gasteiger partial charge is 0.186 e. The summed E-state index contributed by atoms with van der Waals surface area (Å²) in [5.74, 6) is 0.301. The molecule has 0 aliphatic carbocycles. The second kappa shape index (κ2) is 8.76. The van der Waals surface area contributed by atoms with E-state index in [9.17, 15) is 5.11 Å². The zero-order chi connectivity index (χ0) is 17.6. The van der Waals surface area contributed by atoms with Crippen LogP contribution in [0.5, 0.6) is 0 Å². The molecule has 2 heterocycles. The van der Waals surface area contributed by atoms with Crippen molar-refractivity contribution in [3.63, 3.8) is 0 Å². The standard InChI is InChI=1S/C19H27N3O2S/c1-3-15-13-25-19(21-15)22-16(11-20-9-10-24-2)18(17(22)12-23)14-7-5-4-6-8-14/h4-8,13,16-18,20,23H,3,9-12H2,1-2H3/t16-,17+,18+/m0/s1. The number of methoxy groups -OCH3 is 1. The van der Waals surface area contributed by atoms with Crippen LogP contribution < -0.4 is 10.2 Å². The van der Waals surface area contributed by atoms with Crippen molar-refractivity contribution in [1.29, 1.82) is 0 Å². The number of anilines is 1. The van der Waals surface area contributed by atoms with Gasteiger partial charge in [-0.3, -0.25) is 0 Å². The van der Waals surface area contributed by atoms with Crippen molar-refractivity contribution in [2.45, 2.75) is 31.3 Å². The van der Waals surface area contributed by atoms with Gasteiger partial charge in [-0.25, -0.2) is 4.98 Å². The molecule has 1 aliphatic heterocycles. The minimum absolute atomic E-state index is 0.0764. The monoisotopic (exact) mass is 361 g/mol. The van der Waals surface area contributed by atoms with E-state index in [0.717, 1.165) is 30.3 Å². The molecular weight excluding hydrogens is 334 g/mol. The number of aryl methyl sites for hydroxylation is 1. The second-order valence-corrected chi connectivity index (χ2v) is 7.17. The molecular formula is C19H27N3O2S. The van der Waals surface area contributed by atoms with Gasteiger partial charge >= 0.3 is 0 Å². The molecule has 1 saturated heterocycles. The number of thiazole rings is 1. The first-order chi connectivity index (χ1) is 12.3. The lowest BCUT2D eigenvalue weighted by atomic mass is 9.75. The number of aromatic nitrogens is 1. The number of hydrogen-bond donors (Lipinski definition) is 2. The number of hydrogen-bond acceptors (Lipinski definition) is 6. The Balaban J connectivity index is 1.81. The third-order valence-corrected chi connectivity index (χ3v) is 5.78. The van der Waals surface area contributed by atoms with E-state index >= 15 is 0 Å². The van der Waals surface area contributed by atoms with Gasteiger partial charge < -0.3 is 20.1 Å². The fourth-order valence-electron chi connectivity index (χ4n) is 3.58. The molecule has 2 N–H and O–H groups in total. The van der Waals surface area contributed by atoms with Gasteiger partial charge in [-0.05, 0) is 12.0 Å². The molecule has 3 rings (SSSR count). The summed E-state index contributed by atoms with van der Waals surface area (Å²) in [5.41, 5.74) is 2.40. The number of rotatable bonds is 9. The number of ether oxygens (including phenoxy) is 1. The molecule has 6 heteroatoms. The Morgan fingerprint density at radius 1 is 1.28 bits per heavy atom. The van der Waals surface area contributed by atoms with Crippen molar-refractivity contribution in [2.24, 2.45) is 0 Å². The number of nitrogens with one attached hydrogen (secondary N) is 1. The van der Waals surface area contributed by atoms with Crippen LogP contribution in [0.1, 0.15) is 24.1 Å². The summed E-state index contributed by atoms with van der Waals surface area (Å²) in [5, 5.41) is 16.7. The Morgan fingerprint density at radius 3 is 2.72 bits per heavy atom. The summed E-state index contributed by atoms with van der Waals surface area (Å²) < 4.78 is 5.13. The summed E-state index contributed by atoms with van der Waals surface area (Å²) in [6.45, 7) is 4.62. The summed E-state index contributed by atoms with van der Waals surface area (Å²) in [6, 6.07) is 10.9. The molecule has 2 aromatic rings. The van der Waals surface area contributed by atoms with Crippen LogP contribution in [0.2, 0.25) is 0 Å². The molecule has 0 unspecified atom stereocenters. The highest BCUT2D eigenvalue weighted by Gasteiger charge is 2.49. The average Bonchev–Trinajstić information content (AvgIpc) is 3.10. The molecule has 3 atom stereocenters. The Hall–Kier alpha value is -1.47. The van der Waals surface area contributed by atoms with Crippen LogP contribution in [0.15, 0.2) is 35.7 Å². The van der Waals surface area contributed by atoms with Crippen molar-refractivity contribution < 1.29 is 9.84 Å². The van der Waals surface area contributed by atoms with E-state index in [1.807, 2.05) is 6.07 Å². The molecule has 1 aromatic heterocycles. The lowest BCUT2D eigenvalue weighted by Gasteiger charge is -2.55. The van der Waals surface area contributed by atoms with Crippen molar-refractivity contribution in [2.75, 3.05) is 38.3 Å². The SMILES string of the molecule is CCc1csc(N2[C@H](CO)[C@H](c3ccccc3)[C@@H]2CNCCOC)n1. The summed E-state index contributed by atoms with van der Waals surface area (Å²) in [7, 11) is 1.72. The normalized spacial score (nSPS) is 22.8. The van der Waals surface area contributed by atoms with Gasteiger partial charge in [0.2, 0.25) is 0 Å². The molecule has 0 amide bonds. The first kappa shape index (κ1) is 18.3. The lowest BCUT2D eigenvalue weighted by molar-refractivity contribution is 0.162. The highest BCUT2D eigenvalue weighted by atomic mass is 32.1. The van der Waals surface area contributed by atoms with E-state index in [1.165, 1.54) is 5.56 Å². The van der Waals surface area contributed by atoms with E-state index < -0.39 is 0 Å². The van der Waals surface area contributed by atoms with Gasteiger partial charge in [-0.1, -0.05) is 37.3 Å². The van der Waals surface area contributed by atoms with E-state index in [0.29, 0.717) is 12.5 Å². The fraction of sp³-hybridized carbons (Fsp3) is 0.526. The number of aliphatic hydroxyl groups excluding tert-OH is 1. The number of nitrogens with zero attached hydrogens (tertiary/aromatic N) is 2. The predicted octanol–water partition coefficient (Wildman–Crippen LogP) is 2.27. The Kier molecular flexibility index (Phi) is 6.42. The van der Waals surface area contributed by atoms with E-state index in [2.05, 4.69) is 46.8 Å². The van der Waals surface area contributed by atoms with Crippen LogP contribution in [-0.2, 0) is 11.2 Å². The first-order valence-electron chi connectivity index (χ1n) is 8.88. The van der Waals surface area contributed by atoms with Crippen LogP contribution in [0.4, 0.5) is 5.13 Å². The van der Waals surface area contributed by atoms with Gasteiger partial charge in [0.05, 0.1) is 31.0 Å². The Bertz CT molecular complexity index is 649. The average molecular weight is 362 g/mol. The molecule has 5 nitrogen and oxygen atoms in total. The third-order valence-electron chi connectivity index (χ3n) is 4.87. The maximum absolute atomic E-state index is 10.0. The van der Waals surface area contributed by atoms with Gasteiger partial charge in [0, 0.05) is 31.5 Å². The molecule has 1 aromatic carbocycles. The largest absolute Gasteiger partial charge is 0.394 e. The predicted molar refractivity (Wildman–Crippen MR) is 103 cm³/mol. The quantitative estimate of drug-likeness (QED) is 0.671. The van der Waals surface area contributed by atoms with Gasteiger partial charge in [-0.15, -0.1) is 11.3 Å². The van der Waals surface area contributed by atoms with Crippen LogP contribution in [0.3, 0.4) is 0 Å². The van der Waals surface area contributed by atoms with Gasteiger partial charge in [-0.2, -0.15) is 0 Å². The zero-order valence-electron chi connectivity index (χ0n) is 14.9. The van der Waals surface area contributed by atoms with Crippen LogP contribution in [-0.4, -0.2) is 55.6 Å². The number of aliphatic hydroxyl groups is 1. The molecule has 0 radical (unpaired) electrons. The lowest BCUT2D eigenvalue weighted by Crippen LogP contribution is -2.67. The van der Waals surface area contributed by atoms with Crippen molar-refractivity contribution >= 4 is 16.5 Å². The molecule has 25 heavy (non-hydrogen) atoms. The summed E-state index contributed by atoms with van der Waals surface area (Å²) in [6.07, 6.45) is 0.938. The molecule has 0 bridgehead atoms. The van der Waals surface area contributed by atoms with Crippen LogP contribution >= 0.6 is 11.3 Å². The van der Waals surface area contributed by atoms with Crippen LogP contribution in [0, 0.1) is 0 Å². The molecule has 0 saturated carbocycles. The van der Waals surface area contributed by atoms with Crippen molar-refractivity contribution in [1.82, 2.24) is 10.3 Å². The molecule has 0 spiro atoms. The molecule has 1 aliphatic rings. The summed E-state index contributed by atoms with van der Waals surface area (Å²) >= 11 is 1.67. The maximum Gasteiger partial charge on any atom is 0.186 e. The van der Waals surface area contributed by atoms with E-state index in [-0.39, 0.29) is 18.7 Å². The van der Waals surface area contributed by atoms with E-state index in [1.54, 1.807) is 18.4 Å². The van der Waals surface area contributed by atoms with Gasteiger partial charge in [0.15, 0.2) is 5.13 Å². The minimum atomic E-state index is 0.0764. The van der Waals surface area contributed by atoms with Crippen LogP contribution in [0.25, 0.3) is 0 Å². The van der Waals surface area contributed by atoms with Gasteiger partial charge in [0.1, 0.15) is 0 Å². The van der Waals surface area contributed by atoms with E-state index in [4.69, 9.17) is 9.72 Å². The molecule has 1 fully saturated rings. The topological polar surface area (TPSA) is 57.6 Å². The second-order valence-electron chi connectivity index (χ2n) is 6.33.